The molecule has 0 spiro atoms. The number of nitrogens with one attached hydrogen (secondary N) is 1. The first-order valence-corrected chi connectivity index (χ1v) is 7.45. The number of carbonyl (C=O) groups is 1. The van der Waals surface area contributed by atoms with E-state index in [9.17, 15) is 9.18 Å². The van der Waals surface area contributed by atoms with Gasteiger partial charge in [0.1, 0.15) is 5.82 Å². The van der Waals surface area contributed by atoms with Crippen molar-refractivity contribution in [3.05, 3.63) is 29.0 Å². The molecule has 1 fully saturated rings. The average molecular weight is 299 g/mol. The molecule has 0 aromatic heterocycles. The number of halogens is 2. The maximum atomic E-state index is 13.7. The molecule has 20 heavy (non-hydrogen) atoms. The highest BCUT2D eigenvalue weighted by atomic mass is 35.5. The maximum Gasteiger partial charge on any atom is 0.241 e. The van der Waals surface area contributed by atoms with E-state index in [2.05, 4.69) is 10.2 Å². The summed E-state index contributed by atoms with van der Waals surface area (Å²) in [6, 6.07) is 4.01. The summed E-state index contributed by atoms with van der Waals surface area (Å²) < 4.78 is 13.7. The van der Waals surface area contributed by atoms with Crippen LogP contribution in [-0.4, -0.2) is 29.9 Å². The Kier molecular flexibility index (Phi) is 5.38. The van der Waals surface area contributed by atoms with Gasteiger partial charge < -0.3 is 5.32 Å². The number of hydrogen-bond donors (Lipinski definition) is 1. The molecule has 3 nitrogen and oxygen atoms in total. The molecule has 0 aliphatic carbocycles. The van der Waals surface area contributed by atoms with Crippen LogP contribution in [0.25, 0.3) is 0 Å². The lowest BCUT2D eigenvalue weighted by molar-refractivity contribution is -0.120. The van der Waals surface area contributed by atoms with E-state index in [1.54, 1.807) is 6.07 Å². The third-order valence-electron chi connectivity index (χ3n) is 3.76. The number of benzene rings is 1. The molecule has 0 bridgehead atoms. The first kappa shape index (κ1) is 15.3. The molecule has 1 aliphatic heterocycles. The topological polar surface area (TPSA) is 32.3 Å². The van der Waals surface area contributed by atoms with Crippen LogP contribution >= 0.6 is 11.6 Å². The zero-order valence-corrected chi connectivity index (χ0v) is 12.4. The summed E-state index contributed by atoms with van der Waals surface area (Å²) in [6.45, 7) is 3.73. The highest BCUT2D eigenvalue weighted by Gasteiger charge is 2.22. The minimum atomic E-state index is -0.506. The van der Waals surface area contributed by atoms with E-state index in [1.165, 1.54) is 25.0 Å². The van der Waals surface area contributed by atoms with Crippen molar-refractivity contribution < 1.29 is 9.18 Å². The Labute approximate surface area is 124 Å². The van der Waals surface area contributed by atoms with Gasteiger partial charge in [0.25, 0.3) is 0 Å². The van der Waals surface area contributed by atoms with Gasteiger partial charge in [-0.05, 0) is 51.1 Å². The zero-order valence-electron chi connectivity index (χ0n) is 11.7. The van der Waals surface area contributed by atoms with E-state index in [4.69, 9.17) is 11.6 Å². The zero-order chi connectivity index (χ0) is 14.5. The molecule has 1 atom stereocenters. The minimum Gasteiger partial charge on any atom is -0.322 e. The van der Waals surface area contributed by atoms with Crippen LogP contribution in [0.3, 0.4) is 0 Å². The number of carbonyl (C=O) groups excluding carboxylic acids is 1. The third-order valence-corrected chi connectivity index (χ3v) is 3.99. The second kappa shape index (κ2) is 7.04. The van der Waals surface area contributed by atoms with Crippen LogP contribution in [0.1, 0.15) is 32.6 Å². The van der Waals surface area contributed by atoms with Crippen LogP contribution in [0.15, 0.2) is 18.2 Å². The SMILES string of the molecule is CC(C(=O)Nc1ccc(Cl)cc1F)N1CCCCCC1. The number of rotatable bonds is 3. The summed E-state index contributed by atoms with van der Waals surface area (Å²) in [4.78, 5) is 14.4. The Morgan fingerprint density at radius 2 is 1.95 bits per heavy atom. The van der Waals surface area contributed by atoms with Crippen molar-refractivity contribution in [3.63, 3.8) is 0 Å². The van der Waals surface area contributed by atoms with Gasteiger partial charge in [-0.3, -0.25) is 9.69 Å². The van der Waals surface area contributed by atoms with Gasteiger partial charge in [-0.25, -0.2) is 4.39 Å². The Bertz CT molecular complexity index is 473. The normalized spacial score (nSPS) is 18.4. The molecule has 1 N–H and O–H groups in total. The summed E-state index contributed by atoms with van der Waals surface area (Å²) in [5.41, 5.74) is 0.182. The Hall–Kier alpha value is -1.13. The standard InChI is InChI=1S/C15H20ClFN2O/c1-11(19-8-4-2-3-5-9-19)15(20)18-14-7-6-12(16)10-13(14)17/h6-7,10-11H,2-5,8-9H2,1H3,(H,18,20). The van der Waals surface area contributed by atoms with Crippen molar-refractivity contribution in [1.82, 2.24) is 4.90 Å². The van der Waals surface area contributed by atoms with Gasteiger partial charge in [-0.2, -0.15) is 0 Å². The van der Waals surface area contributed by atoms with Gasteiger partial charge in [-0.15, -0.1) is 0 Å². The van der Waals surface area contributed by atoms with E-state index in [0.29, 0.717) is 5.02 Å². The fourth-order valence-corrected chi connectivity index (χ4v) is 2.64. The predicted octanol–water partition coefficient (Wildman–Crippen LogP) is 3.68. The second-order valence-corrected chi connectivity index (χ2v) is 5.68. The number of anilines is 1. The van der Waals surface area contributed by atoms with Crippen molar-refractivity contribution in [3.8, 4) is 0 Å². The fraction of sp³-hybridized carbons (Fsp3) is 0.533. The Balaban J connectivity index is 1.99. The van der Waals surface area contributed by atoms with Gasteiger partial charge in [0.05, 0.1) is 11.7 Å². The molecule has 110 valence electrons. The monoisotopic (exact) mass is 298 g/mol. The first-order chi connectivity index (χ1) is 9.58. The van der Waals surface area contributed by atoms with Gasteiger partial charge in [0, 0.05) is 5.02 Å². The first-order valence-electron chi connectivity index (χ1n) is 7.08. The molecule has 0 saturated carbocycles. The summed E-state index contributed by atoms with van der Waals surface area (Å²) in [6.07, 6.45) is 4.67. The molecular formula is C15H20ClFN2O. The van der Waals surface area contributed by atoms with Gasteiger partial charge >= 0.3 is 0 Å². The Morgan fingerprint density at radius 3 is 2.55 bits per heavy atom. The number of hydrogen-bond acceptors (Lipinski definition) is 2. The molecule has 2 rings (SSSR count). The molecule has 1 saturated heterocycles. The molecule has 1 aromatic carbocycles. The van der Waals surface area contributed by atoms with Crippen molar-refractivity contribution >= 4 is 23.2 Å². The van der Waals surface area contributed by atoms with Crippen molar-refractivity contribution in [2.45, 2.75) is 38.6 Å². The number of nitrogens with zero attached hydrogens (tertiary/aromatic N) is 1. The largest absolute Gasteiger partial charge is 0.322 e. The highest BCUT2D eigenvalue weighted by molar-refractivity contribution is 6.30. The maximum absolute atomic E-state index is 13.7. The molecule has 1 unspecified atom stereocenters. The van der Waals surface area contributed by atoms with Gasteiger partial charge in [0.15, 0.2) is 0 Å². The lowest BCUT2D eigenvalue weighted by atomic mass is 10.2. The smallest absolute Gasteiger partial charge is 0.241 e. The number of amides is 1. The molecule has 1 amide bonds. The van der Waals surface area contributed by atoms with E-state index in [0.717, 1.165) is 25.9 Å². The van der Waals surface area contributed by atoms with Crippen LogP contribution in [0.2, 0.25) is 5.02 Å². The summed E-state index contributed by atoms with van der Waals surface area (Å²) in [7, 11) is 0. The minimum absolute atomic E-state index is 0.173. The van der Waals surface area contributed by atoms with Crippen molar-refractivity contribution in [1.29, 1.82) is 0 Å². The Morgan fingerprint density at radius 1 is 1.30 bits per heavy atom. The van der Waals surface area contributed by atoms with Crippen molar-refractivity contribution in [2.24, 2.45) is 0 Å². The van der Waals surface area contributed by atoms with Crippen LogP contribution in [0, 0.1) is 5.82 Å². The average Bonchev–Trinajstić information content (AvgIpc) is 2.70. The fourth-order valence-electron chi connectivity index (χ4n) is 2.48. The van der Waals surface area contributed by atoms with Gasteiger partial charge in [-0.1, -0.05) is 24.4 Å². The second-order valence-electron chi connectivity index (χ2n) is 5.24. The van der Waals surface area contributed by atoms with E-state index in [-0.39, 0.29) is 17.6 Å². The molecule has 1 heterocycles. The molecule has 0 radical (unpaired) electrons. The quantitative estimate of drug-likeness (QED) is 0.923. The van der Waals surface area contributed by atoms with Crippen molar-refractivity contribution in [2.75, 3.05) is 18.4 Å². The van der Waals surface area contributed by atoms with Crippen LogP contribution in [-0.2, 0) is 4.79 Å². The number of likely N-dealkylation sites (tertiary alicyclic amines) is 1. The van der Waals surface area contributed by atoms with Crippen LogP contribution < -0.4 is 5.32 Å². The molecule has 1 aromatic rings. The van der Waals surface area contributed by atoms with Gasteiger partial charge in [0.2, 0.25) is 5.91 Å². The highest BCUT2D eigenvalue weighted by Crippen LogP contribution is 2.20. The lowest BCUT2D eigenvalue weighted by Gasteiger charge is -2.26. The van der Waals surface area contributed by atoms with E-state index >= 15 is 0 Å². The lowest BCUT2D eigenvalue weighted by Crippen LogP contribution is -2.42. The van der Waals surface area contributed by atoms with Crippen LogP contribution in [0.5, 0.6) is 0 Å². The third kappa shape index (κ3) is 3.93. The summed E-state index contributed by atoms with van der Waals surface area (Å²) >= 11 is 5.69. The molecule has 5 heteroatoms. The summed E-state index contributed by atoms with van der Waals surface area (Å²) in [5, 5.41) is 2.96. The predicted molar refractivity (Wildman–Crippen MR) is 79.5 cm³/mol. The van der Waals surface area contributed by atoms with E-state index in [1.807, 2.05) is 6.92 Å². The molecular weight excluding hydrogens is 279 g/mol. The molecule has 1 aliphatic rings. The van der Waals surface area contributed by atoms with Crippen LogP contribution in [0.4, 0.5) is 10.1 Å². The van der Waals surface area contributed by atoms with E-state index < -0.39 is 5.82 Å². The summed E-state index contributed by atoms with van der Waals surface area (Å²) in [5.74, 6) is -0.679.